The van der Waals surface area contributed by atoms with E-state index in [1.165, 1.54) is 6.07 Å². The second-order valence-corrected chi connectivity index (χ2v) is 5.92. The minimum atomic E-state index is -0.488. The Balaban J connectivity index is 1.63. The van der Waals surface area contributed by atoms with Gasteiger partial charge < -0.3 is 15.8 Å². The van der Waals surface area contributed by atoms with E-state index in [0.717, 1.165) is 36.8 Å². The van der Waals surface area contributed by atoms with Crippen LogP contribution in [0.4, 0.5) is 4.39 Å². The number of nitrogens with one attached hydrogen (secondary N) is 1. The molecule has 1 aromatic carbocycles. The van der Waals surface area contributed by atoms with E-state index in [-0.39, 0.29) is 23.7 Å². The van der Waals surface area contributed by atoms with Gasteiger partial charge in [0.2, 0.25) is 5.91 Å². The van der Waals surface area contributed by atoms with Crippen molar-refractivity contribution in [2.45, 2.75) is 37.8 Å². The SMILES string of the molecule is NC(C(=O)NC1CCc2cc(F)ccc21)C1CCOCC1. The summed E-state index contributed by atoms with van der Waals surface area (Å²) in [7, 11) is 0. The van der Waals surface area contributed by atoms with E-state index in [0.29, 0.717) is 13.2 Å². The van der Waals surface area contributed by atoms with Gasteiger partial charge in [-0.2, -0.15) is 0 Å². The van der Waals surface area contributed by atoms with Gasteiger partial charge in [0, 0.05) is 13.2 Å². The van der Waals surface area contributed by atoms with Gasteiger partial charge in [0.05, 0.1) is 12.1 Å². The largest absolute Gasteiger partial charge is 0.381 e. The van der Waals surface area contributed by atoms with Gasteiger partial charge in [-0.15, -0.1) is 0 Å². The molecule has 114 valence electrons. The van der Waals surface area contributed by atoms with Crippen molar-refractivity contribution >= 4 is 5.91 Å². The number of benzene rings is 1. The smallest absolute Gasteiger partial charge is 0.237 e. The molecule has 1 fully saturated rings. The van der Waals surface area contributed by atoms with Crippen LogP contribution in [-0.4, -0.2) is 25.2 Å². The van der Waals surface area contributed by atoms with Gasteiger partial charge in [0.25, 0.3) is 0 Å². The molecule has 1 aliphatic heterocycles. The predicted octanol–water partition coefficient (Wildman–Crippen LogP) is 1.68. The van der Waals surface area contributed by atoms with Gasteiger partial charge in [0.15, 0.2) is 0 Å². The number of ether oxygens (including phenoxy) is 1. The molecule has 1 amide bonds. The van der Waals surface area contributed by atoms with E-state index in [4.69, 9.17) is 10.5 Å². The van der Waals surface area contributed by atoms with Crippen molar-refractivity contribution in [2.24, 2.45) is 11.7 Å². The molecule has 1 aromatic rings. The number of hydrogen-bond acceptors (Lipinski definition) is 3. The van der Waals surface area contributed by atoms with Crippen molar-refractivity contribution in [3.8, 4) is 0 Å². The number of fused-ring (bicyclic) bond motifs is 1. The van der Waals surface area contributed by atoms with Crippen LogP contribution < -0.4 is 11.1 Å². The fourth-order valence-corrected chi connectivity index (χ4v) is 3.29. The second-order valence-electron chi connectivity index (χ2n) is 5.92. The minimum Gasteiger partial charge on any atom is -0.381 e. The van der Waals surface area contributed by atoms with E-state index in [2.05, 4.69) is 5.32 Å². The summed E-state index contributed by atoms with van der Waals surface area (Å²) >= 11 is 0. The molecule has 0 radical (unpaired) electrons. The summed E-state index contributed by atoms with van der Waals surface area (Å²) < 4.78 is 18.5. The number of nitrogens with two attached hydrogens (primary N) is 1. The van der Waals surface area contributed by atoms with Crippen molar-refractivity contribution in [2.75, 3.05) is 13.2 Å². The monoisotopic (exact) mass is 292 g/mol. The Labute approximate surface area is 123 Å². The van der Waals surface area contributed by atoms with Gasteiger partial charge in [-0.05, 0) is 54.9 Å². The lowest BCUT2D eigenvalue weighted by atomic mass is 9.91. The van der Waals surface area contributed by atoms with Crippen LogP contribution in [0.15, 0.2) is 18.2 Å². The number of rotatable bonds is 3. The fourth-order valence-electron chi connectivity index (χ4n) is 3.29. The molecule has 21 heavy (non-hydrogen) atoms. The van der Waals surface area contributed by atoms with Gasteiger partial charge >= 0.3 is 0 Å². The third-order valence-corrected chi connectivity index (χ3v) is 4.58. The number of carbonyl (C=O) groups excluding carboxylic acids is 1. The van der Waals surface area contributed by atoms with Crippen LogP contribution in [0.2, 0.25) is 0 Å². The first-order valence-electron chi connectivity index (χ1n) is 7.57. The molecule has 1 aliphatic carbocycles. The topological polar surface area (TPSA) is 64.4 Å². The highest BCUT2D eigenvalue weighted by atomic mass is 19.1. The quantitative estimate of drug-likeness (QED) is 0.891. The van der Waals surface area contributed by atoms with Crippen LogP contribution in [0.5, 0.6) is 0 Å². The molecule has 0 bridgehead atoms. The van der Waals surface area contributed by atoms with E-state index < -0.39 is 6.04 Å². The molecule has 2 aliphatic rings. The molecule has 3 N–H and O–H groups in total. The molecule has 0 spiro atoms. The van der Waals surface area contributed by atoms with Crippen molar-refractivity contribution in [1.82, 2.24) is 5.32 Å². The second kappa shape index (κ2) is 6.12. The Kier molecular flexibility index (Phi) is 4.22. The first-order valence-corrected chi connectivity index (χ1v) is 7.57. The minimum absolute atomic E-state index is 0.0426. The van der Waals surface area contributed by atoms with Gasteiger partial charge in [-0.1, -0.05) is 6.07 Å². The average molecular weight is 292 g/mol. The van der Waals surface area contributed by atoms with Crippen molar-refractivity contribution in [1.29, 1.82) is 0 Å². The molecule has 0 saturated carbocycles. The Morgan fingerprint density at radius 2 is 2.10 bits per heavy atom. The number of carbonyl (C=O) groups is 1. The third kappa shape index (κ3) is 3.09. The summed E-state index contributed by atoms with van der Waals surface area (Å²) in [5.74, 6) is -0.142. The number of halogens is 1. The zero-order chi connectivity index (χ0) is 14.8. The maximum atomic E-state index is 13.2. The lowest BCUT2D eigenvalue weighted by Gasteiger charge is -2.28. The number of aryl methyl sites for hydroxylation is 1. The predicted molar refractivity (Wildman–Crippen MR) is 77.1 cm³/mol. The van der Waals surface area contributed by atoms with Crippen LogP contribution in [0.1, 0.15) is 36.4 Å². The highest BCUT2D eigenvalue weighted by Crippen LogP contribution is 2.31. The Hall–Kier alpha value is -1.46. The highest BCUT2D eigenvalue weighted by molar-refractivity contribution is 5.82. The summed E-state index contributed by atoms with van der Waals surface area (Å²) in [4.78, 5) is 12.3. The summed E-state index contributed by atoms with van der Waals surface area (Å²) in [5.41, 5.74) is 8.09. The van der Waals surface area contributed by atoms with Crippen LogP contribution in [0.3, 0.4) is 0 Å². The zero-order valence-electron chi connectivity index (χ0n) is 12.0. The van der Waals surface area contributed by atoms with Crippen molar-refractivity contribution in [3.05, 3.63) is 35.1 Å². The van der Waals surface area contributed by atoms with Gasteiger partial charge in [-0.3, -0.25) is 4.79 Å². The van der Waals surface area contributed by atoms with Gasteiger partial charge in [0.1, 0.15) is 5.82 Å². The third-order valence-electron chi connectivity index (χ3n) is 4.58. The first-order chi connectivity index (χ1) is 10.1. The Morgan fingerprint density at radius 1 is 1.33 bits per heavy atom. The molecule has 1 heterocycles. The normalized spacial score (nSPS) is 23.6. The van der Waals surface area contributed by atoms with E-state index in [1.807, 2.05) is 0 Å². The molecule has 0 aromatic heterocycles. The summed E-state index contributed by atoms with van der Waals surface area (Å²) in [6, 6.07) is 4.24. The van der Waals surface area contributed by atoms with E-state index in [9.17, 15) is 9.18 Å². The average Bonchev–Trinajstić information content (AvgIpc) is 2.89. The Bertz CT molecular complexity index is 529. The summed E-state index contributed by atoms with van der Waals surface area (Å²) in [5, 5.41) is 3.02. The molecule has 2 atom stereocenters. The Morgan fingerprint density at radius 3 is 2.86 bits per heavy atom. The maximum absolute atomic E-state index is 13.2. The molecular formula is C16H21FN2O2. The molecule has 2 unspecified atom stereocenters. The molecule has 4 nitrogen and oxygen atoms in total. The van der Waals surface area contributed by atoms with Crippen LogP contribution in [0.25, 0.3) is 0 Å². The molecule has 5 heteroatoms. The maximum Gasteiger partial charge on any atom is 0.237 e. The van der Waals surface area contributed by atoms with Crippen LogP contribution >= 0.6 is 0 Å². The fraction of sp³-hybridized carbons (Fsp3) is 0.562. The van der Waals surface area contributed by atoms with E-state index >= 15 is 0 Å². The standard InChI is InChI=1S/C16H21FN2O2/c17-12-2-3-13-11(9-12)1-4-14(13)19-16(20)15(18)10-5-7-21-8-6-10/h2-3,9-10,14-15H,1,4-8,18H2,(H,19,20). The molecule has 3 rings (SSSR count). The van der Waals surface area contributed by atoms with Crippen molar-refractivity contribution < 1.29 is 13.9 Å². The molecule has 1 saturated heterocycles. The first kappa shape index (κ1) is 14.5. The van der Waals surface area contributed by atoms with Crippen LogP contribution in [-0.2, 0) is 16.0 Å². The van der Waals surface area contributed by atoms with Crippen LogP contribution in [0, 0.1) is 11.7 Å². The highest BCUT2D eigenvalue weighted by Gasteiger charge is 2.30. The zero-order valence-corrected chi connectivity index (χ0v) is 12.0. The lowest BCUT2D eigenvalue weighted by molar-refractivity contribution is -0.125. The number of hydrogen-bond donors (Lipinski definition) is 2. The number of amides is 1. The summed E-state index contributed by atoms with van der Waals surface area (Å²) in [6.45, 7) is 1.36. The van der Waals surface area contributed by atoms with Crippen molar-refractivity contribution in [3.63, 3.8) is 0 Å². The van der Waals surface area contributed by atoms with E-state index in [1.54, 1.807) is 12.1 Å². The molecular weight excluding hydrogens is 271 g/mol. The summed E-state index contributed by atoms with van der Waals surface area (Å²) in [6.07, 6.45) is 3.28. The lowest BCUT2D eigenvalue weighted by Crippen LogP contribution is -2.47. The van der Waals surface area contributed by atoms with Gasteiger partial charge in [-0.25, -0.2) is 4.39 Å².